The zero-order chi connectivity index (χ0) is 14.0. The van der Waals surface area contributed by atoms with Gasteiger partial charge in [-0.3, -0.25) is 4.68 Å². The molecule has 1 heterocycles. The van der Waals surface area contributed by atoms with E-state index in [1.165, 1.54) is 6.07 Å². The van der Waals surface area contributed by atoms with E-state index in [-0.39, 0.29) is 11.9 Å². The summed E-state index contributed by atoms with van der Waals surface area (Å²) in [4.78, 5) is 0. The number of aryl methyl sites for hydroxylation is 1. The van der Waals surface area contributed by atoms with Crippen LogP contribution in [0.2, 0.25) is 0 Å². The molecule has 102 valence electrons. The normalized spacial score (nSPS) is 12.7. The van der Waals surface area contributed by atoms with E-state index in [0.717, 1.165) is 28.9 Å². The van der Waals surface area contributed by atoms with E-state index in [9.17, 15) is 4.39 Å². The first-order valence-electron chi connectivity index (χ1n) is 6.56. The summed E-state index contributed by atoms with van der Waals surface area (Å²) < 4.78 is 15.4. The zero-order valence-corrected chi connectivity index (χ0v) is 11.9. The third kappa shape index (κ3) is 2.68. The van der Waals surface area contributed by atoms with Gasteiger partial charge in [0.2, 0.25) is 0 Å². The highest BCUT2D eigenvalue weighted by Crippen LogP contribution is 2.31. The SMILES string of the molecule is CCNC(C)c1ccc(F)cc1-c1cnn(C)c1C. The summed E-state index contributed by atoms with van der Waals surface area (Å²) in [5.74, 6) is -0.217. The van der Waals surface area contributed by atoms with Crippen LogP contribution in [0.5, 0.6) is 0 Å². The number of nitrogens with one attached hydrogen (secondary N) is 1. The topological polar surface area (TPSA) is 29.9 Å². The van der Waals surface area contributed by atoms with Crippen molar-refractivity contribution in [2.24, 2.45) is 7.05 Å². The molecular weight excluding hydrogens is 241 g/mol. The van der Waals surface area contributed by atoms with Crippen LogP contribution >= 0.6 is 0 Å². The maximum absolute atomic E-state index is 13.6. The lowest BCUT2D eigenvalue weighted by atomic mass is 9.95. The van der Waals surface area contributed by atoms with Crippen molar-refractivity contribution in [2.45, 2.75) is 26.8 Å². The summed E-state index contributed by atoms with van der Waals surface area (Å²) in [6.07, 6.45) is 1.80. The van der Waals surface area contributed by atoms with Crippen molar-refractivity contribution >= 4 is 0 Å². The molecule has 2 rings (SSSR count). The molecule has 0 amide bonds. The molecule has 0 spiro atoms. The van der Waals surface area contributed by atoms with E-state index in [2.05, 4.69) is 24.3 Å². The van der Waals surface area contributed by atoms with Gasteiger partial charge in [-0.25, -0.2) is 4.39 Å². The molecule has 0 saturated carbocycles. The van der Waals surface area contributed by atoms with Gasteiger partial charge in [-0.05, 0) is 43.7 Å². The van der Waals surface area contributed by atoms with Crippen molar-refractivity contribution in [3.8, 4) is 11.1 Å². The van der Waals surface area contributed by atoms with E-state index in [0.29, 0.717) is 0 Å². The summed E-state index contributed by atoms with van der Waals surface area (Å²) in [7, 11) is 1.89. The molecule has 0 aliphatic heterocycles. The van der Waals surface area contributed by atoms with Crippen molar-refractivity contribution in [3.63, 3.8) is 0 Å². The van der Waals surface area contributed by atoms with Crippen LogP contribution in [-0.2, 0) is 7.05 Å². The predicted octanol–water partition coefficient (Wildman–Crippen LogP) is 3.21. The van der Waals surface area contributed by atoms with Crippen LogP contribution in [0.15, 0.2) is 24.4 Å². The number of nitrogens with zero attached hydrogens (tertiary/aromatic N) is 2. The van der Waals surface area contributed by atoms with Crippen LogP contribution in [-0.4, -0.2) is 16.3 Å². The van der Waals surface area contributed by atoms with E-state index in [1.807, 2.05) is 24.7 Å². The molecule has 1 atom stereocenters. The van der Waals surface area contributed by atoms with E-state index in [1.54, 1.807) is 12.3 Å². The number of hydrogen-bond donors (Lipinski definition) is 1. The second kappa shape index (κ2) is 5.53. The van der Waals surface area contributed by atoms with Crippen molar-refractivity contribution in [1.82, 2.24) is 15.1 Å². The Morgan fingerprint density at radius 3 is 2.68 bits per heavy atom. The molecule has 0 aliphatic rings. The van der Waals surface area contributed by atoms with Gasteiger partial charge in [0.05, 0.1) is 6.20 Å². The second-order valence-corrected chi connectivity index (χ2v) is 4.78. The monoisotopic (exact) mass is 261 g/mol. The lowest BCUT2D eigenvalue weighted by molar-refractivity contribution is 0.593. The molecule has 4 heteroatoms. The van der Waals surface area contributed by atoms with Crippen LogP contribution in [0.1, 0.15) is 31.1 Å². The highest BCUT2D eigenvalue weighted by molar-refractivity contribution is 5.69. The van der Waals surface area contributed by atoms with E-state index < -0.39 is 0 Å². The Balaban J connectivity index is 2.54. The number of aromatic nitrogens is 2. The van der Waals surface area contributed by atoms with Gasteiger partial charge in [0.15, 0.2) is 0 Å². The smallest absolute Gasteiger partial charge is 0.123 e. The number of hydrogen-bond acceptors (Lipinski definition) is 2. The number of rotatable bonds is 4. The summed E-state index contributed by atoms with van der Waals surface area (Å²) in [5, 5.41) is 7.61. The molecule has 1 aromatic heterocycles. The molecule has 1 N–H and O–H groups in total. The van der Waals surface area contributed by atoms with Crippen LogP contribution in [0, 0.1) is 12.7 Å². The Morgan fingerprint density at radius 1 is 1.37 bits per heavy atom. The van der Waals surface area contributed by atoms with Gasteiger partial charge in [0.25, 0.3) is 0 Å². The van der Waals surface area contributed by atoms with Crippen LogP contribution in [0.25, 0.3) is 11.1 Å². The summed E-state index contributed by atoms with van der Waals surface area (Å²) in [5.41, 5.74) is 4.04. The molecule has 0 saturated heterocycles. The van der Waals surface area contributed by atoms with Gasteiger partial charge >= 0.3 is 0 Å². The maximum Gasteiger partial charge on any atom is 0.123 e. The van der Waals surface area contributed by atoms with Gasteiger partial charge in [-0.2, -0.15) is 5.10 Å². The van der Waals surface area contributed by atoms with E-state index >= 15 is 0 Å². The van der Waals surface area contributed by atoms with Crippen LogP contribution in [0.3, 0.4) is 0 Å². The molecule has 0 bridgehead atoms. The quantitative estimate of drug-likeness (QED) is 0.916. The molecule has 0 fully saturated rings. The number of halogens is 1. The van der Waals surface area contributed by atoms with Gasteiger partial charge < -0.3 is 5.32 Å². The molecule has 0 aliphatic carbocycles. The maximum atomic E-state index is 13.6. The van der Waals surface area contributed by atoms with Gasteiger partial charge in [-0.15, -0.1) is 0 Å². The van der Waals surface area contributed by atoms with Crippen molar-refractivity contribution in [2.75, 3.05) is 6.54 Å². The molecule has 2 aromatic rings. The van der Waals surface area contributed by atoms with Gasteiger partial charge in [0, 0.05) is 24.3 Å². The summed E-state index contributed by atoms with van der Waals surface area (Å²) >= 11 is 0. The average molecular weight is 261 g/mol. The van der Waals surface area contributed by atoms with Crippen molar-refractivity contribution in [1.29, 1.82) is 0 Å². The van der Waals surface area contributed by atoms with E-state index in [4.69, 9.17) is 0 Å². The Bertz CT molecular complexity index is 575. The summed E-state index contributed by atoms with van der Waals surface area (Å²) in [6.45, 7) is 7.03. The minimum absolute atomic E-state index is 0.181. The first-order valence-corrected chi connectivity index (χ1v) is 6.56. The Kier molecular flexibility index (Phi) is 4.00. The lowest BCUT2D eigenvalue weighted by Gasteiger charge is -2.17. The Labute approximate surface area is 113 Å². The van der Waals surface area contributed by atoms with Crippen molar-refractivity contribution in [3.05, 3.63) is 41.5 Å². The number of benzene rings is 1. The fourth-order valence-electron chi connectivity index (χ4n) is 2.32. The molecule has 1 unspecified atom stereocenters. The van der Waals surface area contributed by atoms with Crippen molar-refractivity contribution < 1.29 is 4.39 Å². The third-order valence-electron chi connectivity index (χ3n) is 3.52. The molecule has 0 radical (unpaired) electrons. The average Bonchev–Trinajstić information content (AvgIpc) is 2.70. The standard InChI is InChI=1S/C15H20FN3/c1-5-17-10(2)13-7-6-12(16)8-14(13)15-9-18-19(4)11(15)3/h6-10,17H,5H2,1-4H3. The molecular formula is C15H20FN3. The van der Waals surface area contributed by atoms with Crippen LogP contribution < -0.4 is 5.32 Å². The summed E-state index contributed by atoms with van der Waals surface area (Å²) in [6, 6.07) is 5.14. The highest BCUT2D eigenvalue weighted by Gasteiger charge is 2.15. The van der Waals surface area contributed by atoms with Crippen LogP contribution in [0.4, 0.5) is 4.39 Å². The predicted molar refractivity (Wildman–Crippen MR) is 75.4 cm³/mol. The zero-order valence-electron chi connectivity index (χ0n) is 11.9. The first kappa shape index (κ1) is 13.7. The molecule has 1 aromatic carbocycles. The second-order valence-electron chi connectivity index (χ2n) is 4.78. The Morgan fingerprint density at radius 2 is 2.11 bits per heavy atom. The first-order chi connectivity index (χ1) is 9.04. The minimum atomic E-state index is -0.217. The lowest BCUT2D eigenvalue weighted by Crippen LogP contribution is -2.18. The molecule has 3 nitrogen and oxygen atoms in total. The fourth-order valence-corrected chi connectivity index (χ4v) is 2.32. The largest absolute Gasteiger partial charge is 0.310 e. The minimum Gasteiger partial charge on any atom is -0.310 e. The molecule has 19 heavy (non-hydrogen) atoms. The van der Waals surface area contributed by atoms with Gasteiger partial charge in [-0.1, -0.05) is 13.0 Å². The third-order valence-corrected chi connectivity index (χ3v) is 3.52. The van der Waals surface area contributed by atoms with Gasteiger partial charge in [0.1, 0.15) is 5.82 Å². The fraction of sp³-hybridized carbons (Fsp3) is 0.400. The highest BCUT2D eigenvalue weighted by atomic mass is 19.1. The Hall–Kier alpha value is -1.68.